The summed E-state index contributed by atoms with van der Waals surface area (Å²) in [7, 11) is 0. The van der Waals surface area contributed by atoms with E-state index in [9.17, 15) is 4.79 Å². The number of hydrogen-bond donors (Lipinski definition) is 2. The minimum Gasteiger partial charge on any atom is -0.454 e. The lowest BCUT2D eigenvalue weighted by atomic mass is 10.1. The molecule has 0 saturated carbocycles. The first kappa shape index (κ1) is 16.5. The molecule has 3 N–H and O–H groups in total. The van der Waals surface area contributed by atoms with E-state index in [1.165, 1.54) is 5.56 Å². The number of nitrogens with two attached hydrogens (primary N) is 1. The van der Waals surface area contributed by atoms with Crippen LogP contribution in [0.2, 0.25) is 0 Å². The van der Waals surface area contributed by atoms with Crippen molar-refractivity contribution in [3.8, 4) is 11.5 Å². The van der Waals surface area contributed by atoms with Gasteiger partial charge < -0.3 is 25.1 Å². The third-order valence-corrected chi connectivity index (χ3v) is 4.74. The number of para-hydroxylation sites is 1. The zero-order valence-corrected chi connectivity index (χ0v) is 14.6. The molecule has 2 aromatic carbocycles. The van der Waals surface area contributed by atoms with Crippen LogP contribution in [0.4, 0.5) is 0 Å². The van der Waals surface area contributed by atoms with Crippen molar-refractivity contribution >= 4 is 16.8 Å². The largest absolute Gasteiger partial charge is 0.454 e. The zero-order chi connectivity index (χ0) is 18.1. The predicted octanol–water partition coefficient (Wildman–Crippen LogP) is 2.45. The number of rotatable bonds is 6. The van der Waals surface area contributed by atoms with Crippen molar-refractivity contribution in [2.45, 2.75) is 26.6 Å². The van der Waals surface area contributed by atoms with Gasteiger partial charge in [0.05, 0.1) is 0 Å². The van der Waals surface area contributed by atoms with E-state index >= 15 is 0 Å². The summed E-state index contributed by atoms with van der Waals surface area (Å²) in [6, 6.07) is 14.1. The standard InChI is InChI=1S/C20H21N3O3/c1-13-16(15-4-2-3-5-17(15)23(13)11-20(21)24)10-22-9-14-6-7-18-19(8-14)26-12-25-18/h2-8,22H,9-12H2,1H3,(H2,21,24). The number of aromatic nitrogens is 1. The Hall–Kier alpha value is -2.99. The first-order valence-electron chi connectivity index (χ1n) is 8.57. The van der Waals surface area contributed by atoms with Gasteiger partial charge in [-0.3, -0.25) is 4.79 Å². The number of nitrogens with zero attached hydrogens (tertiary/aromatic N) is 1. The summed E-state index contributed by atoms with van der Waals surface area (Å²) >= 11 is 0. The van der Waals surface area contributed by atoms with Crippen molar-refractivity contribution in [1.29, 1.82) is 0 Å². The summed E-state index contributed by atoms with van der Waals surface area (Å²) in [6.07, 6.45) is 0. The van der Waals surface area contributed by atoms with Crippen molar-refractivity contribution in [2.75, 3.05) is 6.79 Å². The molecule has 0 atom stereocenters. The highest BCUT2D eigenvalue weighted by molar-refractivity contribution is 5.87. The highest BCUT2D eigenvalue weighted by Gasteiger charge is 2.15. The minimum atomic E-state index is -0.339. The summed E-state index contributed by atoms with van der Waals surface area (Å²) in [5, 5.41) is 4.63. The van der Waals surface area contributed by atoms with Crippen LogP contribution in [0, 0.1) is 6.92 Å². The molecule has 1 amide bonds. The van der Waals surface area contributed by atoms with Gasteiger partial charge in [-0.25, -0.2) is 0 Å². The quantitative estimate of drug-likeness (QED) is 0.715. The normalized spacial score (nSPS) is 12.7. The summed E-state index contributed by atoms with van der Waals surface area (Å²) in [5.74, 6) is 1.24. The molecule has 0 unspecified atom stereocenters. The van der Waals surface area contributed by atoms with Gasteiger partial charge in [-0.05, 0) is 36.2 Å². The Morgan fingerprint density at radius 3 is 2.81 bits per heavy atom. The van der Waals surface area contributed by atoms with Crippen LogP contribution < -0.4 is 20.5 Å². The lowest BCUT2D eigenvalue weighted by Gasteiger charge is -2.08. The summed E-state index contributed by atoms with van der Waals surface area (Å²) in [4.78, 5) is 11.4. The maximum atomic E-state index is 11.4. The second kappa shape index (κ2) is 6.72. The van der Waals surface area contributed by atoms with E-state index in [2.05, 4.69) is 11.4 Å². The average Bonchev–Trinajstić information content (AvgIpc) is 3.19. The van der Waals surface area contributed by atoms with Crippen LogP contribution in [0.5, 0.6) is 11.5 Å². The Bertz CT molecular complexity index is 978. The van der Waals surface area contributed by atoms with Gasteiger partial charge in [-0.1, -0.05) is 24.3 Å². The minimum absolute atomic E-state index is 0.189. The smallest absolute Gasteiger partial charge is 0.237 e. The molecule has 4 rings (SSSR count). The molecule has 1 aliphatic heterocycles. The molecule has 3 aromatic rings. The van der Waals surface area contributed by atoms with Gasteiger partial charge in [0.2, 0.25) is 12.7 Å². The highest BCUT2D eigenvalue weighted by Crippen LogP contribution is 2.32. The van der Waals surface area contributed by atoms with E-state index in [1.54, 1.807) is 0 Å². The Kier molecular flexibility index (Phi) is 4.26. The molecule has 0 spiro atoms. The molecule has 6 heteroatoms. The SMILES string of the molecule is Cc1c(CNCc2ccc3c(c2)OCO3)c2ccccc2n1CC(N)=O. The fourth-order valence-corrected chi connectivity index (χ4v) is 3.47. The first-order chi connectivity index (χ1) is 12.6. The van der Waals surface area contributed by atoms with E-state index < -0.39 is 0 Å². The Morgan fingerprint density at radius 2 is 1.96 bits per heavy atom. The molecule has 1 aliphatic rings. The molecule has 2 heterocycles. The van der Waals surface area contributed by atoms with Gasteiger partial charge in [0.25, 0.3) is 0 Å². The summed E-state index contributed by atoms with van der Waals surface area (Å²) in [6.45, 7) is 3.91. The van der Waals surface area contributed by atoms with Gasteiger partial charge in [0.1, 0.15) is 6.54 Å². The van der Waals surface area contributed by atoms with Crippen LogP contribution in [-0.4, -0.2) is 17.3 Å². The molecule has 0 aliphatic carbocycles. The van der Waals surface area contributed by atoms with Crippen LogP contribution in [0.3, 0.4) is 0 Å². The van der Waals surface area contributed by atoms with E-state index in [-0.39, 0.29) is 19.2 Å². The Morgan fingerprint density at radius 1 is 1.15 bits per heavy atom. The molecule has 0 radical (unpaired) electrons. The number of benzene rings is 2. The van der Waals surface area contributed by atoms with Gasteiger partial charge in [0, 0.05) is 29.7 Å². The predicted molar refractivity (Wildman–Crippen MR) is 99.0 cm³/mol. The Labute approximate surface area is 151 Å². The first-order valence-corrected chi connectivity index (χ1v) is 8.57. The second-order valence-electron chi connectivity index (χ2n) is 6.42. The third-order valence-electron chi connectivity index (χ3n) is 4.74. The van der Waals surface area contributed by atoms with Crippen molar-refractivity contribution in [1.82, 2.24) is 9.88 Å². The van der Waals surface area contributed by atoms with Gasteiger partial charge in [-0.15, -0.1) is 0 Å². The number of hydrogen-bond acceptors (Lipinski definition) is 4. The van der Waals surface area contributed by atoms with Crippen LogP contribution in [0.15, 0.2) is 42.5 Å². The molecular weight excluding hydrogens is 330 g/mol. The number of carbonyl (C=O) groups is 1. The van der Waals surface area contributed by atoms with Crippen molar-refractivity contribution in [2.24, 2.45) is 5.73 Å². The molecule has 0 bridgehead atoms. The summed E-state index contributed by atoms with van der Waals surface area (Å²) < 4.78 is 12.7. The second-order valence-corrected chi connectivity index (χ2v) is 6.42. The molecule has 0 saturated heterocycles. The molecular formula is C20H21N3O3. The van der Waals surface area contributed by atoms with Crippen LogP contribution in [-0.2, 0) is 24.4 Å². The Balaban J connectivity index is 1.54. The van der Waals surface area contributed by atoms with Crippen molar-refractivity contribution in [3.05, 3.63) is 59.3 Å². The van der Waals surface area contributed by atoms with E-state index in [0.29, 0.717) is 13.1 Å². The zero-order valence-electron chi connectivity index (χ0n) is 14.6. The lowest BCUT2D eigenvalue weighted by Crippen LogP contribution is -2.19. The monoisotopic (exact) mass is 351 g/mol. The fourth-order valence-electron chi connectivity index (χ4n) is 3.47. The van der Waals surface area contributed by atoms with Crippen molar-refractivity contribution < 1.29 is 14.3 Å². The number of primary amides is 1. The lowest BCUT2D eigenvalue weighted by molar-refractivity contribution is -0.118. The van der Waals surface area contributed by atoms with Crippen LogP contribution in [0.1, 0.15) is 16.8 Å². The van der Waals surface area contributed by atoms with Crippen molar-refractivity contribution in [3.63, 3.8) is 0 Å². The van der Waals surface area contributed by atoms with E-state index in [1.807, 2.05) is 47.9 Å². The maximum Gasteiger partial charge on any atom is 0.237 e. The molecule has 6 nitrogen and oxygen atoms in total. The van der Waals surface area contributed by atoms with Gasteiger partial charge >= 0.3 is 0 Å². The molecule has 26 heavy (non-hydrogen) atoms. The number of nitrogens with one attached hydrogen (secondary N) is 1. The topological polar surface area (TPSA) is 78.5 Å². The third kappa shape index (κ3) is 2.99. The summed E-state index contributed by atoms with van der Waals surface area (Å²) in [5.41, 5.74) is 9.82. The maximum absolute atomic E-state index is 11.4. The highest BCUT2D eigenvalue weighted by atomic mass is 16.7. The van der Waals surface area contributed by atoms with Crippen LogP contribution >= 0.6 is 0 Å². The van der Waals surface area contributed by atoms with E-state index in [0.717, 1.165) is 33.7 Å². The average molecular weight is 351 g/mol. The number of fused-ring (bicyclic) bond motifs is 2. The fraction of sp³-hybridized carbons (Fsp3) is 0.250. The molecule has 134 valence electrons. The molecule has 0 fully saturated rings. The van der Waals surface area contributed by atoms with Crippen LogP contribution in [0.25, 0.3) is 10.9 Å². The number of carbonyl (C=O) groups excluding carboxylic acids is 1. The van der Waals surface area contributed by atoms with Gasteiger partial charge in [0.15, 0.2) is 11.5 Å². The number of ether oxygens (including phenoxy) is 2. The molecule has 1 aromatic heterocycles. The van der Waals surface area contributed by atoms with Gasteiger partial charge in [-0.2, -0.15) is 0 Å². The number of amides is 1. The van der Waals surface area contributed by atoms with E-state index in [4.69, 9.17) is 15.2 Å².